The molecule has 1 aliphatic rings. The smallest absolute Gasteiger partial charge is 0.222 e. The van der Waals surface area contributed by atoms with Crippen LogP contribution in [0.1, 0.15) is 49.3 Å². The molecular formula is C18H25N3O. The number of rotatable bonds is 6. The summed E-state index contributed by atoms with van der Waals surface area (Å²) in [6.07, 6.45) is 3.94. The summed E-state index contributed by atoms with van der Waals surface area (Å²) in [6, 6.07) is 11.4. The zero-order valence-corrected chi connectivity index (χ0v) is 13.5. The molecule has 1 aromatic carbocycles. The fourth-order valence-corrected chi connectivity index (χ4v) is 2.96. The van der Waals surface area contributed by atoms with Gasteiger partial charge in [0.05, 0.1) is 6.07 Å². The van der Waals surface area contributed by atoms with E-state index >= 15 is 0 Å². The number of nitrogens with one attached hydrogen (secondary N) is 1. The third-order valence-electron chi connectivity index (χ3n) is 4.32. The van der Waals surface area contributed by atoms with Crippen LogP contribution in [0.25, 0.3) is 0 Å². The number of hydrogen-bond donors (Lipinski definition) is 1. The van der Waals surface area contributed by atoms with Gasteiger partial charge in [-0.3, -0.25) is 4.79 Å². The van der Waals surface area contributed by atoms with Gasteiger partial charge >= 0.3 is 0 Å². The summed E-state index contributed by atoms with van der Waals surface area (Å²) in [6.45, 7) is 2.85. The molecule has 1 aliphatic heterocycles. The van der Waals surface area contributed by atoms with Gasteiger partial charge in [-0.2, -0.15) is 5.26 Å². The van der Waals surface area contributed by atoms with Gasteiger partial charge in [0.15, 0.2) is 0 Å². The molecule has 1 heterocycles. The molecule has 2 atom stereocenters. The quantitative estimate of drug-likeness (QED) is 0.822. The van der Waals surface area contributed by atoms with Gasteiger partial charge in [-0.25, -0.2) is 0 Å². The van der Waals surface area contributed by atoms with E-state index in [1.165, 1.54) is 11.1 Å². The number of carbonyl (C=O) groups excluding carboxylic acids is 1. The fourth-order valence-electron chi connectivity index (χ4n) is 2.96. The molecule has 0 spiro atoms. The van der Waals surface area contributed by atoms with Crippen molar-refractivity contribution < 1.29 is 4.79 Å². The Hall–Kier alpha value is -1.86. The topological polar surface area (TPSA) is 56.1 Å². The number of carbonyl (C=O) groups is 1. The van der Waals surface area contributed by atoms with Gasteiger partial charge in [0, 0.05) is 38.5 Å². The van der Waals surface area contributed by atoms with Crippen molar-refractivity contribution in [2.24, 2.45) is 0 Å². The average Bonchev–Trinajstić information content (AvgIpc) is 2.51. The standard InChI is InChI=1S/C18H25N3O/c1-14-6-8-15(9-7-14)17(5-3-4-12-19)20-16-10-11-18(22)21(2)13-16/h6-9,16-17,20H,3-5,10-11,13H2,1-2H3/t16-,17+/m1/s1. The summed E-state index contributed by atoms with van der Waals surface area (Å²) in [5.74, 6) is 0.231. The third-order valence-corrected chi connectivity index (χ3v) is 4.32. The van der Waals surface area contributed by atoms with Crippen molar-refractivity contribution in [3.05, 3.63) is 35.4 Å². The van der Waals surface area contributed by atoms with Crippen LogP contribution in [0.4, 0.5) is 0 Å². The van der Waals surface area contributed by atoms with Gasteiger partial charge in [-0.15, -0.1) is 0 Å². The van der Waals surface area contributed by atoms with Crippen LogP contribution >= 0.6 is 0 Å². The summed E-state index contributed by atoms with van der Waals surface area (Å²) in [4.78, 5) is 13.4. The van der Waals surface area contributed by atoms with E-state index in [9.17, 15) is 4.79 Å². The number of unbranched alkanes of at least 4 members (excludes halogenated alkanes) is 1. The maximum absolute atomic E-state index is 11.6. The van der Waals surface area contributed by atoms with Crippen LogP contribution in [-0.2, 0) is 4.79 Å². The second kappa shape index (κ2) is 7.95. The van der Waals surface area contributed by atoms with Crippen LogP contribution in [0.5, 0.6) is 0 Å². The molecule has 118 valence electrons. The summed E-state index contributed by atoms with van der Waals surface area (Å²) in [5.41, 5.74) is 2.52. The summed E-state index contributed by atoms with van der Waals surface area (Å²) in [7, 11) is 1.87. The van der Waals surface area contributed by atoms with Crippen molar-refractivity contribution in [3.63, 3.8) is 0 Å². The fraction of sp³-hybridized carbons (Fsp3) is 0.556. The van der Waals surface area contributed by atoms with E-state index in [1.807, 2.05) is 11.9 Å². The molecule has 22 heavy (non-hydrogen) atoms. The van der Waals surface area contributed by atoms with Crippen molar-refractivity contribution in [1.82, 2.24) is 10.2 Å². The maximum Gasteiger partial charge on any atom is 0.222 e. The van der Waals surface area contributed by atoms with Crippen LogP contribution < -0.4 is 5.32 Å². The molecule has 4 heteroatoms. The molecule has 1 amide bonds. The number of aryl methyl sites for hydroxylation is 1. The van der Waals surface area contributed by atoms with Gasteiger partial charge in [-0.1, -0.05) is 29.8 Å². The lowest BCUT2D eigenvalue weighted by molar-refractivity contribution is -0.132. The van der Waals surface area contributed by atoms with Crippen molar-refractivity contribution in [2.45, 2.75) is 51.1 Å². The maximum atomic E-state index is 11.6. The van der Waals surface area contributed by atoms with Crippen LogP contribution in [0.15, 0.2) is 24.3 Å². The number of nitrogens with zero attached hydrogens (tertiary/aromatic N) is 2. The van der Waals surface area contributed by atoms with E-state index in [4.69, 9.17) is 5.26 Å². The number of nitriles is 1. The molecule has 1 fully saturated rings. The second-order valence-corrected chi connectivity index (χ2v) is 6.19. The zero-order chi connectivity index (χ0) is 15.9. The van der Waals surface area contributed by atoms with E-state index in [-0.39, 0.29) is 11.9 Å². The first kappa shape index (κ1) is 16.5. The molecule has 2 rings (SSSR count). The lowest BCUT2D eigenvalue weighted by atomic mass is 9.97. The highest BCUT2D eigenvalue weighted by Crippen LogP contribution is 2.22. The number of likely N-dealkylation sites (N-methyl/N-ethyl adjacent to an activating group) is 1. The van der Waals surface area contributed by atoms with Crippen LogP contribution in [0.3, 0.4) is 0 Å². The average molecular weight is 299 g/mol. The molecule has 1 aromatic rings. The highest BCUT2D eigenvalue weighted by Gasteiger charge is 2.25. The normalized spacial score (nSPS) is 19.8. The van der Waals surface area contributed by atoms with Gasteiger partial charge in [0.25, 0.3) is 0 Å². The minimum atomic E-state index is 0.231. The Bertz CT molecular complexity index is 532. The molecule has 0 unspecified atom stereocenters. The van der Waals surface area contributed by atoms with Crippen molar-refractivity contribution in [1.29, 1.82) is 5.26 Å². The third kappa shape index (κ3) is 4.57. The van der Waals surface area contributed by atoms with E-state index in [1.54, 1.807) is 0 Å². The van der Waals surface area contributed by atoms with Crippen LogP contribution in [-0.4, -0.2) is 30.4 Å². The Morgan fingerprint density at radius 2 is 2.14 bits per heavy atom. The molecule has 0 aromatic heterocycles. The molecule has 1 saturated heterocycles. The molecule has 0 saturated carbocycles. The summed E-state index contributed by atoms with van der Waals surface area (Å²) < 4.78 is 0. The summed E-state index contributed by atoms with van der Waals surface area (Å²) in [5, 5.41) is 12.5. The lowest BCUT2D eigenvalue weighted by Gasteiger charge is -2.33. The second-order valence-electron chi connectivity index (χ2n) is 6.19. The number of likely N-dealkylation sites (tertiary alicyclic amines) is 1. The van der Waals surface area contributed by atoms with Crippen molar-refractivity contribution in [3.8, 4) is 6.07 Å². The molecule has 0 bridgehead atoms. The zero-order valence-electron chi connectivity index (χ0n) is 13.5. The molecule has 0 aliphatic carbocycles. The number of amides is 1. The molecule has 4 nitrogen and oxygen atoms in total. The lowest BCUT2D eigenvalue weighted by Crippen LogP contribution is -2.47. The molecule has 0 radical (unpaired) electrons. The minimum Gasteiger partial charge on any atom is -0.344 e. The molecular weight excluding hydrogens is 274 g/mol. The highest BCUT2D eigenvalue weighted by molar-refractivity contribution is 5.76. The van der Waals surface area contributed by atoms with E-state index < -0.39 is 0 Å². The Morgan fingerprint density at radius 1 is 1.41 bits per heavy atom. The Morgan fingerprint density at radius 3 is 2.77 bits per heavy atom. The number of benzene rings is 1. The van der Waals surface area contributed by atoms with Crippen molar-refractivity contribution in [2.75, 3.05) is 13.6 Å². The van der Waals surface area contributed by atoms with Crippen LogP contribution in [0.2, 0.25) is 0 Å². The highest BCUT2D eigenvalue weighted by atomic mass is 16.2. The van der Waals surface area contributed by atoms with Gasteiger partial charge in [0.2, 0.25) is 5.91 Å². The van der Waals surface area contributed by atoms with E-state index in [0.717, 1.165) is 25.8 Å². The first-order valence-corrected chi connectivity index (χ1v) is 8.03. The monoisotopic (exact) mass is 299 g/mol. The minimum absolute atomic E-state index is 0.231. The van der Waals surface area contributed by atoms with Gasteiger partial charge in [0.1, 0.15) is 0 Å². The van der Waals surface area contributed by atoms with Crippen LogP contribution in [0, 0.1) is 18.3 Å². The van der Waals surface area contributed by atoms with Crippen molar-refractivity contribution >= 4 is 5.91 Å². The predicted molar refractivity (Wildman–Crippen MR) is 87.2 cm³/mol. The van der Waals surface area contributed by atoms with E-state index in [0.29, 0.717) is 18.9 Å². The molecule has 1 N–H and O–H groups in total. The summed E-state index contributed by atoms with van der Waals surface area (Å²) >= 11 is 0. The first-order valence-electron chi connectivity index (χ1n) is 8.03. The first-order chi connectivity index (χ1) is 10.6. The SMILES string of the molecule is Cc1ccc([C@H](CCCC#N)N[C@@H]2CCC(=O)N(C)C2)cc1. The Balaban J connectivity index is 2.02. The van der Waals surface area contributed by atoms with Gasteiger partial charge < -0.3 is 10.2 Å². The van der Waals surface area contributed by atoms with E-state index in [2.05, 4.69) is 42.6 Å². The largest absolute Gasteiger partial charge is 0.344 e. The predicted octanol–water partition coefficient (Wildman–Crippen LogP) is 2.94. The Kier molecular flexibility index (Phi) is 5.97. The number of hydrogen-bond acceptors (Lipinski definition) is 3. The Labute approximate surface area is 133 Å². The van der Waals surface area contributed by atoms with Gasteiger partial charge in [-0.05, 0) is 31.7 Å². The number of piperidine rings is 1.